The van der Waals surface area contributed by atoms with Crippen molar-refractivity contribution in [2.45, 2.75) is 40.5 Å². The van der Waals surface area contributed by atoms with Crippen LogP contribution in [0.15, 0.2) is 12.1 Å². The van der Waals surface area contributed by atoms with Crippen LogP contribution in [-0.2, 0) is 9.59 Å². The van der Waals surface area contributed by atoms with Gasteiger partial charge < -0.3 is 10.2 Å². The van der Waals surface area contributed by atoms with E-state index < -0.39 is 0 Å². The maximum atomic E-state index is 12.1. The third-order valence-electron chi connectivity index (χ3n) is 4.22. The predicted molar refractivity (Wildman–Crippen MR) is 90.3 cm³/mol. The van der Waals surface area contributed by atoms with E-state index in [-0.39, 0.29) is 23.7 Å². The number of carbonyl (C=O) groups is 2. The molecule has 6 nitrogen and oxygen atoms in total. The number of nitrogens with zero attached hydrogens (tertiary/aromatic N) is 3. The minimum atomic E-state index is -0.0889. The van der Waals surface area contributed by atoms with E-state index in [1.54, 1.807) is 6.07 Å². The van der Waals surface area contributed by atoms with Crippen molar-refractivity contribution in [3.63, 3.8) is 0 Å². The second kappa shape index (κ2) is 7.53. The Labute approximate surface area is 137 Å². The number of amides is 1. The molecule has 0 saturated carbocycles. The van der Waals surface area contributed by atoms with E-state index in [0.29, 0.717) is 11.6 Å². The number of hydrogen-bond acceptors (Lipinski definition) is 5. The zero-order valence-corrected chi connectivity index (χ0v) is 14.4. The summed E-state index contributed by atoms with van der Waals surface area (Å²) in [5.41, 5.74) is 0. The van der Waals surface area contributed by atoms with Crippen LogP contribution in [0.3, 0.4) is 0 Å². The van der Waals surface area contributed by atoms with E-state index in [0.717, 1.165) is 31.7 Å². The fourth-order valence-electron chi connectivity index (χ4n) is 2.70. The molecule has 1 aliphatic rings. The zero-order valence-electron chi connectivity index (χ0n) is 14.4. The van der Waals surface area contributed by atoms with Crippen molar-refractivity contribution in [3.8, 4) is 0 Å². The fourth-order valence-corrected chi connectivity index (χ4v) is 2.70. The van der Waals surface area contributed by atoms with Crippen molar-refractivity contribution in [2.75, 3.05) is 23.3 Å². The summed E-state index contributed by atoms with van der Waals surface area (Å²) >= 11 is 0. The van der Waals surface area contributed by atoms with E-state index in [4.69, 9.17) is 0 Å². The number of carbonyl (C=O) groups excluding carboxylic acids is 2. The second-order valence-corrected chi connectivity index (χ2v) is 6.74. The summed E-state index contributed by atoms with van der Waals surface area (Å²) in [7, 11) is 0. The Kier molecular flexibility index (Phi) is 5.69. The molecule has 0 atom stereocenters. The molecule has 0 aliphatic carbocycles. The van der Waals surface area contributed by atoms with Gasteiger partial charge in [0, 0.05) is 30.8 Å². The average Bonchev–Trinajstić information content (AvgIpc) is 2.55. The largest absolute Gasteiger partial charge is 0.355 e. The predicted octanol–water partition coefficient (Wildman–Crippen LogP) is 2.51. The van der Waals surface area contributed by atoms with E-state index in [2.05, 4.69) is 20.4 Å². The molecule has 1 aromatic heterocycles. The van der Waals surface area contributed by atoms with E-state index in [9.17, 15) is 9.59 Å². The third kappa shape index (κ3) is 4.50. The molecule has 2 rings (SSSR count). The first kappa shape index (κ1) is 17.4. The summed E-state index contributed by atoms with van der Waals surface area (Å²) in [5, 5.41) is 11.0. The molecular formula is C17H26N4O2. The van der Waals surface area contributed by atoms with Gasteiger partial charge in [0.15, 0.2) is 11.6 Å². The highest BCUT2D eigenvalue weighted by Crippen LogP contribution is 2.24. The fraction of sp³-hybridized carbons (Fsp3) is 0.647. The molecule has 126 valence electrons. The molecule has 0 unspecified atom stereocenters. The Bertz CT molecular complexity index is 546. The number of nitrogens with one attached hydrogen (secondary N) is 1. The zero-order chi connectivity index (χ0) is 17.0. The average molecular weight is 318 g/mol. The standard InChI is InChI=1S/C17H26N4O2/c1-11(2)16(22)13-7-9-21(10-8-13)15-6-5-14(19-20-15)18-17(23)12(3)4/h5-6,11-13H,7-10H2,1-4H3,(H,18,19,23). The molecule has 1 aromatic rings. The highest BCUT2D eigenvalue weighted by molar-refractivity contribution is 5.91. The number of aromatic nitrogens is 2. The monoisotopic (exact) mass is 318 g/mol. The Hall–Kier alpha value is -1.98. The molecule has 2 heterocycles. The van der Waals surface area contributed by atoms with Crippen molar-refractivity contribution < 1.29 is 9.59 Å². The van der Waals surface area contributed by atoms with Gasteiger partial charge >= 0.3 is 0 Å². The lowest BCUT2D eigenvalue weighted by molar-refractivity contribution is -0.126. The Morgan fingerprint density at radius 3 is 2.22 bits per heavy atom. The van der Waals surface area contributed by atoms with Crippen LogP contribution in [-0.4, -0.2) is 35.0 Å². The lowest BCUT2D eigenvalue weighted by Gasteiger charge is -2.32. The lowest BCUT2D eigenvalue weighted by Crippen LogP contribution is -2.38. The highest BCUT2D eigenvalue weighted by atomic mass is 16.2. The minimum absolute atomic E-state index is 0.0694. The molecule has 23 heavy (non-hydrogen) atoms. The van der Waals surface area contributed by atoms with E-state index in [1.165, 1.54) is 0 Å². The van der Waals surface area contributed by atoms with Crippen LogP contribution in [0.4, 0.5) is 11.6 Å². The normalized spacial score (nSPS) is 16.0. The third-order valence-corrected chi connectivity index (χ3v) is 4.22. The topological polar surface area (TPSA) is 75.2 Å². The molecular weight excluding hydrogens is 292 g/mol. The van der Waals surface area contributed by atoms with Gasteiger partial charge in [-0.2, -0.15) is 0 Å². The molecule has 0 spiro atoms. The lowest BCUT2D eigenvalue weighted by atomic mass is 9.87. The molecule has 1 aliphatic heterocycles. The second-order valence-electron chi connectivity index (χ2n) is 6.74. The van der Waals surface area contributed by atoms with Gasteiger partial charge in [0.25, 0.3) is 0 Å². The Morgan fingerprint density at radius 1 is 1.09 bits per heavy atom. The van der Waals surface area contributed by atoms with Crippen LogP contribution in [0.2, 0.25) is 0 Å². The van der Waals surface area contributed by atoms with Crippen molar-refractivity contribution in [2.24, 2.45) is 17.8 Å². The molecule has 0 radical (unpaired) electrons. The first-order valence-corrected chi connectivity index (χ1v) is 8.31. The van der Waals surface area contributed by atoms with Crippen LogP contribution in [0.5, 0.6) is 0 Å². The SMILES string of the molecule is CC(C)C(=O)Nc1ccc(N2CCC(C(=O)C(C)C)CC2)nn1. The summed E-state index contributed by atoms with van der Waals surface area (Å²) in [6.45, 7) is 9.22. The smallest absolute Gasteiger partial charge is 0.228 e. The first-order chi connectivity index (χ1) is 10.9. The van der Waals surface area contributed by atoms with Gasteiger partial charge in [-0.1, -0.05) is 27.7 Å². The van der Waals surface area contributed by atoms with Crippen LogP contribution in [0.1, 0.15) is 40.5 Å². The maximum absolute atomic E-state index is 12.1. The minimum Gasteiger partial charge on any atom is -0.355 e. The quantitative estimate of drug-likeness (QED) is 0.903. The summed E-state index contributed by atoms with van der Waals surface area (Å²) in [6, 6.07) is 3.64. The van der Waals surface area contributed by atoms with Gasteiger partial charge in [-0.3, -0.25) is 9.59 Å². The highest BCUT2D eigenvalue weighted by Gasteiger charge is 2.27. The van der Waals surface area contributed by atoms with Crippen molar-refractivity contribution >= 4 is 23.3 Å². The summed E-state index contributed by atoms with van der Waals surface area (Å²) in [6.07, 6.45) is 1.73. The van der Waals surface area contributed by atoms with E-state index >= 15 is 0 Å². The first-order valence-electron chi connectivity index (χ1n) is 8.31. The summed E-state index contributed by atoms with van der Waals surface area (Å²) < 4.78 is 0. The molecule has 1 N–H and O–H groups in total. The van der Waals surface area contributed by atoms with Crippen molar-refractivity contribution in [1.82, 2.24) is 10.2 Å². The van der Waals surface area contributed by atoms with Crippen LogP contribution >= 0.6 is 0 Å². The van der Waals surface area contributed by atoms with Gasteiger partial charge in [0.05, 0.1) is 0 Å². The number of ketones is 1. The molecule has 0 bridgehead atoms. The Balaban J connectivity index is 1.91. The number of piperidine rings is 1. The van der Waals surface area contributed by atoms with Gasteiger partial charge in [-0.15, -0.1) is 10.2 Å². The number of rotatable bonds is 5. The van der Waals surface area contributed by atoms with Crippen molar-refractivity contribution in [3.05, 3.63) is 12.1 Å². The number of anilines is 2. The molecule has 1 saturated heterocycles. The molecule has 1 fully saturated rings. The van der Waals surface area contributed by atoms with Gasteiger partial charge in [-0.25, -0.2) is 0 Å². The summed E-state index contributed by atoms with van der Waals surface area (Å²) in [4.78, 5) is 25.8. The molecule has 1 amide bonds. The molecule has 6 heteroatoms. The Morgan fingerprint density at radius 2 is 1.74 bits per heavy atom. The van der Waals surface area contributed by atoms with Crippen molar-refractivity contribution in [1.29, 1.82) is 0 Å². The van der Waals surface area contributed by atoms with Gasteiger partial charge in [0.1, 0.15) is 5.78 Å². The summed E-state index contributed by atoms with van der Waals surface area (Å²) in [5.74, 6) is 1.75. The maximum Gasteiger partial charge on any atom is 0.228 e. The van der Waals surface area contributed by atoms with E-state index in [1.807, 2.05) is 33.8 Å². The molecule has 0 aromatic carbocycles. The van der Waals surface area contributed by atoms with Gasteiger partial charge in [0.2, 0.25) is 5.91 Å². The van der Waals surface area contributed by atoms with Gasteiger partial charge in [-0.05, 0) is 25.0 Å². The van der Waals surface area contributed by atoms with Crippen LogP contribution in [0.25, 0.3) is 0 Å². The number of hydrogen-bond donors (Lipinski definition) is 1. The van der Waals surface area contributed by atoms with Crippen LogP contribution in [0, 0.1) is 17.8 Å². The number of Topliss-reactive ketones (excluding diaryl/α,β-unsaturated/α-hetero) is 1. The van der Waals surface area contributed by atoms with Crippen LogP contribution < -0.4 is 10.2 Å².